The number of alkyl halides is 3. The Bertz CT molecular complexity index is 791. The number of nitrogens with zero attached hydrogens (tertiary/aromatic N) is 4. The van der Waals surface area contributed by atoms with E-state index in [1.807, 2.05) is 26.8 Å². The molecule has 142 valence electrons. The van der Waals surface area contributed by atoms with Gasteiger partial charge in [0.2, 0.25) is 5.91 Å². The average molecular weight is 387 g/mol. The number of aryl methyl sites for hydroxylation is 3. The van der Waals surface area contributed by atoms with E-state index in [1.54, 1.807) is 4.68 Å². The molecule has 0 unspecified atom stereocenters. The topological polar surface area (TPSA) is 72.7 Å². The fourth-order valence-electron chi connectivity index (χ4n) is 2.36. The zero-order valence-electron chi connectivity index (χ0n) is 14.9. The molecular weight excluding hydrogens is 367 g/mol. The predicted octanol–water partition coefficient (Wildman–Crippen LogP) is 2.91. The van der Waals surface area contributed by atoms with Crippen molar-refractivity contribution in [1.82, 2.24) is 25.1 Å². The van der Waals surface area contributed by atoms with E-state index in [2.05, 4.69) is 20.4 Å². The number of amides is 1. The van der Waals surface area contributed by atoms with E-state index in [-0.39, 0.29) is 28.6 Å². The van der Waals surface area contributed by atoms with Crippen LogP contribution in [0.2, 0.25) is 0 Å². The Balaban J connectivity index is 1.90. The van der Waals surface area contributed by atoms with Crippen LogP contribution in [-0.4, -0.2) is 37.5 Å². The van der Waals surface area contributed by atoms with Crippen LogP contribution >= 0.6 is 11.8 Å². The Hall–Kier alpha value is -2.10. The van der Waals surface area contributed by atoms with Crippen LogP contribution < -0.4 is 5.32 Å². The summed E-state index contributed by atoms with van der Waals surface area (Å²) in [7, 11) is 0. The van der Waals surface area contributed by atoms with Gasteiger partial charge in [-0.3, -0.25) is 9.48 Å². The third-order valence-electron chi connectivity index (χ3n) is 3.41. The molecule has 2 heterocycles. The fourth-order valence-corrected chi connectivity index (χ4v) is 3.08. The van der Waals surface area contributed by atoms with E-state index < -0.39 is 11.9 Å². The molecule has 1 atom stereocenters. The minimum absolute atomic E-state index is 0.0673. The molecule has 0 saturated carbocycles. The average Bonchev–Trinajstić information content (AvgIpc) is 2.81. The van der Waals surface area contributed by atoms with Crippen LogP contribution in [0.3, 0.4) is 0 Å². The number of hydrogen-bond donors (Lipinski definition) is 1. The third kappa shape index (κ3) is 5.72. The maximum atomic E-state index is 12.8. The Morgan fingerprint density at radius 1 is 1.23 bits per heavy atom. The van der Waals surface area contributed by atoms with Gasteiger partial charge in [0.25, 0.3) is 0 Å². The molecule has 6 nitrogen and oxygen atoms in total. The van der Waals surface area contributed by atoms with Crippen LogP contribution in [0.25, 0.3) is 0 Å². The van der Waals surface area contributed by atoms with Crippen molar-refractivity contribution < 1.29 is 18.0 Å². The summed E-state index contributed by atoms with van der Waals surface area (Å²) in [5.41, 5.74) is 1.08. The summed E-state index contributed by atoms with van der Waals surface area (Å²) >= 11 is 0.872. The van der Waals surface area contributed by atoms with Crippen molar-refractivity contribution in [2.45, 2.75) is 51.6 Å². The van der Waals surface area contributed by atoms with Crippen molar-refractivity contribution in [3.63, 3.8) is 0 Å². The SMILES string of the molecule is Cc1cc(C(F)(F)F)nc(SCC(=O)N[C@H](C)Cn2nc(C)cc2C)n1. The Morgan fingerprint density at radius 2 is 1.92 bits per heavy atom. The zero-order valence-corrected chi connectivity index (χ0v) is 15.7. The first-order valence-electron chi connectivity index (χ1n) is 7.90. The zero-order chi connectivity index (χ0) is 19.5. The lowest BCUT2D eigenvalue weighted by Crippen LogP contribution is -2.37. The van der Waals surface area contributed by atoms with E-state index in [0.29, 0.717) is 6.54 Å². The highest BCUT2D eigenvalue weighted by atomic mass is 32.2. The summed E-state index contributed by atoms with van der Waals surface area (Å²) < 4.78 is 40.1. The van der Waals surface area contributed by atoms with Gasteiger partial charge in [-0.15, -0.1) is 0 Å². The number of carbonyl (C=O) groups is 1. The van der Waals surface area contributed by atoms with E-state index in [0.717, 1.165) is 29.2 Å². The molecule has 0 radical (unpaired) electrons. The Morgan fingerprint density at radius 3 is 2.50 bits per heavy atom. The van der Waals surface area contributed by atoms with Crippen molar-refractivity contribution in [3.8, 4) is 0 Å². The quantitative estimate of drug-likeness (QED) is 0.610. The van der Waals surface area contributed by atoms with Crippen LogP contribution in [0.1, 0.15) is 29.7 Å². The van der Waals surface area contributed by atoms with E-state index >= 15 is 0 Å². The molecular formula is C16H20F3N5OS. The Labute approximate surface area is 153 Å². The number of rotatable bonds is 6. The molecule has 26 heavy (non-hydrogen) atoms. The standard InChI is InChI=1S/C16H20F3N5OS/c1-9-6-13(16(17,18)19)22-15(21-9)26-8-14(25)20-11(3)7-24-12(4)5-10(2)23-24/h5-6,11H,7-8H2,1-4H3,(H,20,25)/t11-/m1/s1. The van der Waals surface area contributed by atoms with Crippen molar-refractivity contribution in [3.05, 3.63) is 34.9 Å². The fraction of sp³-hybridized carbons (Fsp3) is 0.500. The first kappa shape index (κ1) is 20.2. The van der Waals surface area contributed by atoms with E-state index in [9.17, 15) is 18.0 Å². The van der Waals surface area contributed by atoms with E-state index in [4.69, 9.17) is 0 Å². The highest BCUT2D eigenvalue weighted by Crippen LogP contribution is 2.29. The molecule has 1 amide bonds. The number of thioether (sulfide) groups is 1. The molecule has 0 fully saturated rings. The lowest BCUT2D eigenvalue weighted by Gasteiger charge is -2.15. The molecule has 1 N–H and O–H groups in total. The van der Waals surface area contributed by atoms with Gasteiger partial charge in [-0.25, -0.2) is 9.97 Å². The minimum atomic E-state index is -4.54. The molecule has 0 saturated heterocycles. The van der Waals surface area contributed by atoms with Crippen LogP contribution in [0.4, 0.5) is 13.2 Å². The maximum Gasteiger partial charge on any atom is 0.433 e. The van der Waals surface area contributed by atoms with Crippen LogP contribution in [-0.2, 0) is 17.5 Å². The molecule has 0 aliphatic heterocycles. The van der Waals surface area contributed by atoms with Crippen molar-refractivity contribution >= 4 is 17.7 Å². The van der Waals surface area contributed by atoms with Gasteiger partial charge in [0.05, 0.1) is 18.0 Å². The number of aromatic nitrogens is 4. The first-order valence-corrected chi connectivity index (χ1v) is 8.89. The predicted molar refractivity (Wildman–Crippen MR) is 91.8 cm³/mol. The summed E-state index contributed by atoms with van der Waals surface area (Å²) in [6, 6.07) is 2.64. The van der Waals surface area contributed by atoms with Crippen LogP contribution in [0, 0.1) is 20.8 Å². The second-order valence-electron chi connectivity index (χ2n) is 6.04. The molecule has 2 aromatic heterocycles. The molecule has 0 aliphatic rings. The van der Waals surface area contributed by atoms with Crippen molar-refractivity contribution in [1.29, 1.82) is 0 Å². The van der Waals surface area contributed by atoms with Gasteiger partial charge >= 0.3 is 6.18 Å². The maximum absolute atomic E-state index is 12.8. The number of nitrogens with one attached hydrogen (secondary N) is 1. The number of hydrogen-bond acceptors (Lipinski definition) is 5. The number of halogens is 3. The highest BCUT2D eigenvalue weighted by molar-refractivity contribution is 7.99. The summed E-state index contributed by atoms with van der Waals surface area (Å²) in [6.45, 7) is 7.62. The number of carbonyl (C=O) groups excluding carboxylic acids is 1. The van der Waals surface area contributed by atoms with Crippen LogP contribution in [0.5, 0.6) is 0 Å². The van der Waals surface area contributed by atoms with Gasteiger partial charge < -0.3 is 5.32 Å². The molecule has 0 bridgehead atoms. The third-order valence-corrected chi connectivity index (χ3v) is 4.26. The van der Waals surface area contributed by atoms with Gasteiger partial charge in [-0.2, -0.15) is 18.3 Å². The summed E-state index contributed by atoms with van der Waals surface area (Å²) in [5.74, 6) is -0.370. The lowest BCUT2D eigenvalue weighted by atomic mass is 10.3. The van der Waals surface area contributed by atoms with Gasteiger partial charge in [0.1, 0.15) is 5.69 Å². The second-order valence-corrected chi connectivity index (χ2v) is 6.98. The summed E-state index contributed by atoms with van der Waals surface area (Å²) in [6.07, 6.45) is -4.54. The van der Waals surface area contributed by atoms with Gasteiger partial charge in [0, 0.05) is 17.4 Å². The second kappa shape index (κ2) is 8.07. The van der Waals surface area contributed by atoms with E-state index in [1.165, 1.54) is 6.92 Å². The van der Waals surface area contributed by atoms with Gasteiger partial charge in [-0.05, 0) is 39.8 Å². The monoisotopic (exact) mass is 387 g/mol. The van der Waals surface area contributed by atoms with Crippen molar-refractivity contribution in [2.75, 3.05) is 5.75 Å². The molecule has 10 heteroatoms. The van der Waals surface area contributed by atoms with Crippen LogP contribution in [0.15, 0.2) is 17.3 Å². The summed E-state index contributed by atoms with van der Waals surface area (Å²) in [4.78, 5) is 19.4. The Kier molecular flexibility index (Phi) is 6.27. The smallest absolute Gasteiger partial charge is 0.351 e. The molecule has 0 aliphatic carbocycles. The normalized spacial score (nSPS) is 12.9. The highest BCUT2D eigenvalue weighted by Gasteiger charge is 2.33. The largest absolute Gasteiger partial charge is 0.433 e. The molecule has 2 aromatic rings. The first-order chi connectivity index (χ1) is 12.0. The van der Waals surface area contributed by atoms with Gasteiger partial charge in [0.15, 0.2) is 5.16 Å². The molecule has 0 spiro atoms. The van der Waals surface area contributed by atoms with Gasteiger partial charge in [-0.1, -0.05) is 11.8 Å². The minimum Gasteiger partial charge on any atom is -0.351 e. The van der Waals surface area contributed by atoms with Crippen molar-refractivity contribution in [2.24, 2.45) is 0 Å². The lowest BCUT2D eigenvalue weighted by molar-refractivity contribution is -0.141. The molecule has 0 aromatic carbocycles. The molecule has 2 rings (SSSR count). The summed E-state index contributed by atoms with van der Waals surface area (Å²) in [5, 5.41) is 7.05.